The normalized spacial score (nSPS) is 17.0. The van der Waals surface area contributed by atoms with Gasteiger partial charge in [-0.3, -0.25) is 14.8 Å². The fourth-order valence-corrected chi connectivity index (χ4v) is 3.13. The molecule has 30 heavy (non-hydrogen) atoms. The van der Waals surface area contributed by atoms with E-state index < -0.39 is 12.1 Å². The largest absolute Gasteiger partial charge is 0.471 e. The van der Waals surface area contributed by atoms with Gasteiger partial charge >= 0.3 is 12.1 Å². The zero-order chi connectivity index (χ0) is 21.1. The first-order chi connectivity index (χ1) is 14.4. The highest BCUT2D eigenvalue weighted by Crippen LogP contribution is 2.30. The highest BCUT2D eigenvalue weighted by Gasteiger charge is 2.38. The zero-order valence-electron chi connectivity index (χ0n) is 15.6. The number of pyridine rings is 2. The van der Waals surface area contributed by atoms with Gasteiger partial charge in [-0.1, -0.05) is 5.16 Å². The van der Waals surface area contributed by atoms with Crippen LogP contribution in [0.4, 0.5) is 18.9 Å². The maximum Gasteiger partial charge on any atom is 0.471 e. The summed E-state index contributed by atoms with van der Waals surface area (Å²) >= 11 is 0. The first-order valence-corrected chi connectivity index (χ1v) is 9.25. The first kappa shape index (κ1) is 20.0. The Bertz CT molecular complexity index is 1050. The molecular formula is C19H17F3N6O2. The molecule has 0 aromatic carbocycles. The molecule has 1 aliphatic rings. The number of aromatic nitrogens is 4. The molecule has 0 bridgehead atoms. The Balaban J connectivity index is 1.54. The average molecular weight is 418 g/mol. The van der Waals surface area contributed by atoms with Crippen LogP contribution in [0.3, 0.4) is 0 Å². The van der Waals surface area contributed by atoms with E-state index in [4.69, 9.17) is 0 Å². The van der Waals surface area contributed by atoms with Crippen LogP contribution in [-0.2, 0) is 11.0 Å². The molecule has 1 saturated heterocycles. The Kier molecular flexibility index (Phi) is 5.44. The van der Waals surface area contributed by atoms with Gasteiger partial charge in [-0.2, -0.15) is 18.2 Å². The van der Waals surface area contributed by atoms with Crippen molar-refractivity contribution >= 4 is 11.6 Å². The smallest absolute Gasteiger partial charge is 0.329 e. The summed E-state index contributed by atoms with van der Waals surface area (Å²) in [6.45, 7) is 1.55. The molecule has 1 fully saturated rings. The zero-order valence-corrected chi connectivity index (χ0v) is 15.6. The number of rotatable bonds is 4. The van der Waals surface area contributed by atoms with Gasteiger partial charge in [0.25, 0.3) is 0 Å². The van der Waals surface area contributed by atoms with Crippen molar-refractivity contribution in [3.05, 3.63) is 42.5 Å². The summed E-state index contributed by atoms with van der Waals surface area (Å²) in [6.07, 6.45) is -0.0139. The molecule has 0 saturated carbocycles. The van der Waals surface area contributed by atoms with Crippen LogP contribution in [0.1, 0.15) is 18.7 Å². The molecule has 0 aliphatic carbocycles. The Morgan fingerprint density at radius 2 is 1.93 bits per heavy atom. The third-order valence-electron chi connectivity index (χ3n) is 4.64. The fourth-order valence-electron chi connectivity index (χ4n) is 3.13. The molecule has 1 amide bonds. The van der Waals surface area contributed by atoms with E-state index in [9.17, 15) is 18.0 Å². The molecule has 0 spiro atoms. The summed E-state index contributed by atoms with van der Waals surface area (Å²) in [7, 11) is 0. The van der Waals surface area contributed by atoms with Gasteiger partial charge < -0.3 is 15.2 Å². The average Bonchev–Trinajstić information content (AvgIpc) is 3.26. The third kappa shape index (κ3) is 4.46. The van der Waals surface area contributed by atoms with Crippen LogP contribution in [0.2, 0.25) is 0 Å². The third-order valence-corrected chi connectivity index (χ3v) is 4.64. The van der Waals surface area contributed by atoms with Crippen LogP contribution in [0.15, 0.2) is 41.2 Å². The van der Waals surface area contributed by atoms with Crippen molar-refractivity contribution in [1.82, 2.24) is 25.4 Å². The van der Waals surface area contributed by atoms with Crippen LogP contribution in [0.5, 0.6) is 0 Å². The standard InChI is InChI=1S/C19H17F3N6O2/c20-19(21,22)18-27-16(28-30-18)11-3-6-24-14(8-11)15-9-13(4-7-25-15)26-17(29)12-2-1-5-23-10-12/h3-4,6-9,12,23H,1-2,5,10H2,(H,25,26,29). The number of hydrogen-bond donors (Lipinski definition) is 2. The summed E-state index contributed by atoms with van der Waals surface area (Å²) in [5.41, 5.74) is 1.68. The second-order valence-corrected chi connectivity index (χ2v) is 6.81. The predicted molar refractivity (Wildman–Crippen MR) is 100.0 cm³/mol. The molecule has 3 aromatic rings. The van der Waals surface area contributed by atoms with E-state index in [-0.39, 0.29) is 17.6 Å². The minimum Gasteiger partial charge on any atom is -0.329 e. The summed E-state index contributed by atoms with van der Waals surface area (Å²) < 4.78 is 42.3. The molecule has 4 rings (SSSR count). The van der Waals surface area contributed by atoms with E-state index in [0.29, 0.717) is 29.2 Å². The van der Waals surface area contributed by atoms with E-state index >= 15 is 0 Å². The van der Waals surface area contributed by atoms with Crippen LogP contribution >= 0.6 is 0 Å². The number of amides is 1. The minimum absolute atomic E-state index is 0.0764. The van der Waals surface area contributed by atoms with Gasteiger partial charge in [0.2, 0.25) is 11.7 Å². The summed E-state index contributed by atoms with van der Waals surface area (Å²) in [5.74, 6) is -1.80. The molecule has 8 nitrogen and oxygen atoms in total. The van der Waals surface area contributed by atoms with E-state index in [0.717, 1.165) is 19.4 Å². The maximum atomic E-state index is 12.7. The highest BCUT2D eigenvalue weighted by molar-refractivity contribution is 5.93. The van der Waals surface area contributed by atoms with Crippen LogP contribution in [0.25, 0.3) is 22.8 Å². The number of hydrogen-bond acceptors (Lipinski definition) is 7. The Hall–Kier alpha value is -3.34. The summed E-state index contributed by atoms with van der Waals surface area (Å²) in [6, 6.07) is 6.29. The number of alkyl halides is 3. The lowest BCUT2D eigenvalue weighted by Gasteiger charge is -2.21. The lowest BCUT2D eigenvalue weighted by molar-refractivity contribution is -0.159. The van der Waals surface area contributed by atoms with Crippen molar-refractivity contribution < 1.29 is 22.5 Å². The summed E-state index contributed by atoms with van der Waals surface area (Å²) in [5, 5.41) is 9.45. The van der Waals surface area contributed by atoms with Gasteiger partial charge in [0.15, 0.2) is 0 Å². The lowest BCUT2D eigenvalue weighted by atomic mass is 9.99. The number of halogens is 3. The van der Waals surface area contributed by atoms with Gasteiger partial charge in [-0.25, -0.2) is 0 Å². The quantitative estimate of drug-likeness (QED) is 0.670. The van der Waals surface area contributed by atoms with Crippen molar-refractivity contribution in [2.24, 2.45) is 5.92 Å². The van der Waals surface area contributed by atoms with Crippen molar-refractivity contribution in [2.45, 2.75) is 19.0 Å². The maximum absolute atomic E-state index is 12.7. The van der Waals surface area contributed by atoms with Crippen LogP contribution in [-0.4, -0.2) is 39.1 Å². The Morgan fingerprint density at radius 3 is 2.63 bits per heavy atom. The second-order valence-electron chi connectivity index (χ2n) is 6.81. The van der Waals surface area contributed by atoms with Crippen molar-refractivity contribution in [3.8, 4) is 22.8 Å². The second kappa shape index (κ2) is 8.19. The Labute approximate surface area is 168 Å². The van der Waals surface area contributed by atoms with Gasteiger partial charge in [-0.05, 0) is 43.7 Å². The van der Waals surface area contributed by atoms with Gasteiger partial charge in [0.05, 0.1) is 17.3 Å². The SMILES string of the molecule is O=C(Nc1ccnc(-c2cc(-c3noc(C(F)(F)F)n3)ccn2)c1)C1CCCNC1. The highest BCUT2D eigenvalue weighted by atomic mass is 19.4. The molecule has 4 heterocycles. The van der Waals surface area contributed by atoms with E-state index in [1.807, 2.05) is 0 Å². The van der Waals surface area contributed by atoms with Crippen LogP contribution in [0, 0.1) is 5.92 Å². The molecule has 3 aromatic heterocycles. The molecule has 0 radical (unpaired) electrons. The minimum atomic E-state index is -4.72. The molecule has 11 heteroatoms. The van der Waals surface area contributed by atoms with E-state index in [1.54, 1.807) is 12.1 Å². The number of piperidine rings is 1. The Morgan fingerprint density at radius 1 is 1.17 bits per heavy atom. The number of carbonyl (C=O) groups excluding carboxylic acids is 1. The summed E-state index contributed by atoms with van der Waals surface area (Å²) in [4.78, 5) is 24.3. The van der Waals surface area contributed by atoms with E-state index in [1.165, 1.54) is 24.5 Å². The van der Waals surface area contributed by atoms with Gasteiger partial charge in [0.1, 0.15) is 0 Å². The fraction of sp³-hybridized carbons (Fsp3) is 0.316. The van der Waals surface area contributed by atoms with Gasteiger partial charge in [-0.15, -0.1) is 0 Å². The number of nitrogens with zero attached hydrogens (tertiary/aromatic N) is 4. The number of carbonyl (C=O) groups is 1. The van der Waals surface area contributed by atoms with E-state index in [2.05, 4.69) is 35.3 Å². The number of anilines is 1. The lowest BCUT2D eigenvalue weighted by Crippen LogP contribution is -2.37. The predicted octanol–water partition coefficient (Wildman–Crippen LogP) is 3.15. The van der Waals surface area contributed by atoms with Gasteiger partial charge in [0, 0.05) is 30.2 Å². The van der Waals surface area contributed by atoms with Crippen molar-refractivity contribution in [2.75, 3.05) is 18.4 Å². The molecular weight excluding hydrogens is 401 g/mol. The molecule has 1 aliphatic heterocycles. The number of nitrogens with one attached hydrogen (secondary N) is 2. The van der Waals surface area contributed by atoms with Crippen molar-refractivity contribution in [1.29, 1.82) is 0 Å². The molecule has 2 N–H and O–H groups in total. The first-order valence-electron chi connectivity index (χ1n) is 9.25. The van der Waals surface area contributed by atoms with Crippen molar-refractivity contribution in [3.63, 3.8) is 0 Å². The molecule has 1 unspecified atom stereocenters. The topological polar surface area (TPSA) is 106 Å². The monoisotopic (exact) mass is 418 g/mol. The molecule has 1 atom stereocenters. The molecule has 156 valence electrons. The van der Waals surface area contributed by atoms with Crippen LogP contribution < -0.4 is 10.6 Å².